The molecule has 0 fully saturated rings. The van der Waals surface area contributed by atoms with Gasteiger partial charge in [-0.25, -0.2) is 0 Å². The van der Waals surface area contributed by atoms with Crippen LogP contribution in [0.3, 0.4) is 0 Å². The van der Waals surface area contributed by atoms with Crippen LogP contribution in [-0.4, -0.2) is 78.1 Å². The standard InChI is InChI=1S/2C21H22NSi.2C20H20NSi.3C11H8N.C5H8O2.4Ir/c1-16-12-13-22-21(14-16)18-10-8-17(9-11-18)19-6-5-7-20(15-19)23(2,3)4;1-16-13-14-22-20(15-16)18-11-9-17(10-12-18)19-7-5-6-8-21(19)23(2,3)4;2*1-22(2,3)19-12-13-20(21-15-19)18-11-7-10-17(14-18)16-8-5-4-6-9-16;3*1-2-6-10(7-3-1)11-8-4-5-9-12-11;1-4(6)3-5(2)7;;;;/h5-10,12-15H,1-4H3;5-11,13-15H,1-4H3;2*4-10,12-15H,1-3H3;3*1-6,8-9H;3,6H,1-2H3;;;;/q7*-1;;;;;. The van der Waals surface area contributed by atoms with Gasteiger partial charge < -0.3 is 40.0 Å². The van der Waals surface area contributed by atoms with Gasteiger partial charge in [0.2, 0.25) is 0 Å². The minimum absolute atomic E-state index is 0. The van der Waals surface area contributed by atoms with E-state index < -0.39 is 32.3 Å². The molecule has 0 saturated heterocycles. The van der Waals surface area contributed by atoms with Crippen molar-refractivity contribution in [1.29, 1.82) is 0 Å². The summed E-state index contributed by atoms with van der Waals surface area (Å²) in [5.74, 6) is -0.0625. The normalized spacial score (nSPS) is 10.6. The maximum Gasteiger partial charge on any atom is 0.155 e. The maximum absolute atomic E-state index is 10.0. The number of rotatable bonds is 16. The molecule has 7 heterocycles. The van der Waals surface area contributed by atoms with Crippen LogP contribution in [-0.2, 0) is 85.2 Å². The molecule has 1 N–H and O–H groups in total. The number of aliphatic hydroxyl groups excluding tert-OH is 1. The smallest absolute Gasteiger partial charge is 0.155 e. The van der Waals surface area contributed by atoms with Crippen molar-refractivity contribution in [3.63, 3.8) is 0 Å². The predicted octanol–water partition coefficient (Wildman–Crippen LogP) is 28.3. The first kappa shape index (κ1) is 112. The molecule has 702 valence electrons. The fourth-order valence-corrected chi connectivity index (χ4v) is 18.7. The molecule has 18 rings (SSSR count). The van der Waals surface area contributed by atoms with E-state index in [2.05, 4.69) is 364 Å². The largest absolute Gasteiger partial charge is 0.512 e. The predicted molar refractivity (Wildman–Crippen MR) is 570 cm³/mol. The van der Waals surface area contributed by atoms with Crippen LogP contribution in [0.15, 0.2) is 413 Å². The van der Waals surface area contributed by atoms with Crippen LogP contribution in [0.2, 0.25) is 78.6 Å². The van der Waals surface area contributed by atoms with E-state index in [1.807, 2.05) is 189 Å². The third-order valence-electron chi connectivity index (χ3n) is 21.1. The summed E-state index contributed by atoms with van der Waals surface area (Å²) in [7, 11) is -5.25. The van der Waals surface area contributed by atoms with Gasteiger partial charge in [0.15, 0.2) is 5.78 Å². The molecule has 0 unspecified atom stereocenters. The summed E-state index contributed by atoms with van der Waals surface area (Å²) >= 11 is 0. The van der Waals surface area contributed by atoms with Crippen LogP contribution in [0, 0.1) is 56.3 Å². The Morgan fingerprint density at radius 3 is 0.942 bits per heavy atom. The van der Waals surface area contributed by atoms with Gasteiger partial charge in [0.05, 0.1) is 38.1 Å². The Hall–Kier alpha value is -11.9. The number of benzene rings is 11. The Morgan fingerprint density at radius 2 is 0.613 bits per heavy atom. The third kappa shape index (κ3) is 36.5. The maximum atomic E-state index is 10.0. The van der Waals surface area contributed by atoms with Crippen molar-refractivity contribution in [1.82, 2.24) is 34.9 Å². The average molecular weight is 2570 g/mol. The molecule has 11 aromatic carbocycles. The van der Waals surface area contributed by atoms with Crippen molar-refractivity contribution in [2.75, 3.05) is 0 Å². The molecule has 9 nitrogen and oxygen atoms in total. The van der Waals surface area contributed by atoms with E-state index in [4.69, 9.17) is 5.11 Å². The number of carbonyl (C=O) groups excluding carboxylic acids is 1. The molecule has 0 amide bonds. The van der Waals surface area contributed by atoms with Crippen molar-refractivity contribution in [3.05, 3.63) is 467 Å². The molecule has 18 aromatic rings. The molecule has 0 aliphatic rings. The van der Waals surface area contributed by atoms with Crippen LogP contribution >= 0.6 is 0 Å². The minimum atomic E-state index is -1.37. The number of hydrogen-bond donors (Lipinski definition) is 1. The van der Waals surface area contributed by atoms with Crippen molar-refractivity contribution in [2.45, 2.75) is 106 Å². The number of aromatic nitrogens is 7. The zero-order chi connectivity index (χ0) is 94.6. The number of aliphatic hydroxyl groups is 1. The van der Waals surface area contributed by atoms with Crippen molar-refractivity contribution in [2.24, 2.45) is 0 Å². The van der Waals surface area contributed by atoms with Gasteiger partial charge in [-0.05, 0) is 119 Å². The zero-order valence-electron chi connectivity index (χ0n) is 80.5. The Labute approximate surface area is 872 Å². The number of pyridine rings is 7. The molecule has 0 aliphatic heterocycles. The Kier molecular flexibility index (Phi) is 45.9. The fourth-order valence-electron chi connectivity index (χ4n) is 13.8. The Morgan fingerprint density at radius 1 is 0.263 bits per heavy atom. The molecule has 17 heteroatoms. The molecule has 4 radical (unpaired) electrons. The summed E-state index contributed by atoms with van der Waals surface area (Å²) in [6.45, 7) is 35.4. The van der Waals surface area contributed by atoms with Crippen molar-refractivity contribution in [3.8, 4) is 123 Å². The van der Waals surface area contributed by atoms with Crippen LogP contribution in [0.1, 0.15) is 25.0 Å². The second-order valence-electron chi connectivity index (χ2n) is 36.0. The molecule has 0 bridgehead atoms. The number of ketones is 1. The van der Waals surface area contributed by atoms with Gasteiger partial charge in [0.1, 0.15) is 0 Å². The van der Waals surface area contributed by atoms with E-state index in [9.17, 15) is 4.79 Å². The molecule has 137 heavy (non-hydrogen) atoms. The SMILES string of the molecule is CC(=O)C=C(C)O.C[Si](C)(C)c1ccc(-c2[c-]ccc(-c3ccccc3)c2)nc1.C[Si](C)(C)c1ccc(-c2[c-]ccc(-c3ccccc3)c2)nc1.Cc1ccnc(-c2[c-]cc(-c3cccc([Si](C)(C)C)c3)cc2)c1.Cc1ccnc(-c2[c-]cc(-c3ccccc3[Si](C)(C)C)cc2)c1.[Ir].[Ir].[Ir].[Ir].[c-]1ccccc1-c1ccccn1.[c-]1ccccc1-c1ccccn1.[c-]1ccccc1-c1ccccn1. The molecule has 0 saturated carbocycles. The molecule has 0 aliphatic carbocycles. The number of nitrogens with zero attached hydrogens (tertiary/aromatic N) is 7. The Bertz CT molecular complexity index is 6190. The first-order valence-electron chi connectivity index (χ1n) is 44.7. The van der Waals surface area contributed by atoms with Gasteiger partial charge in [-0.2, -0.15) is 0 Å². The van der Waals surface area contributed by atoms with Crippen LogP contribution in [0.5, 0.6) is 0 Å². The quantitative estimate of drug-likeness (QED) is 0.0435. The molecule has 0 atom stereocenters. The molecule has 0 spiro atoms. The first-order chi connectivity index (χ1) is 64.0. The summed E-state index contributed by atoms with van der Waals surface area (Å²) in [6.07, 6.45) is 14.3. The van der Waals surface area contributed by atoms with Crippen LogP contribution in [0.4, 0.5) is 0 Å². The second-order valence-corrected chi connectivity index (χ2v) is 56.3. The number of carbonyl (C=O) groups is 1. The second kappa shape index (κ2) is 56.1. The molecular weight excluding hydrogens is 2450 g/mol. The summed E-state index contributed by atoms with van der Waals surface area (Å²) < 4.78 is 0. The Balaban J connectivity index is 0.000000217. The molecular formula is C120H116Ir4N7O2Si4-7. The first-order valence-corrected chi connectivity index (χ1v) is 58.7. The zero-order valence-corrected chi connectivity index (χ0v) is 94.1. The van der Waals surface area contributed by atoms with E-state index in [1.54, 1.807) is 18.6 Å². The fraction of sp³-hybridized carbons (Fsp3) is 0.133. The third-order valence-corrected chi connectivity index (χ3v) is 29.3. The monoisotopic (exact) mass is 2570 g/mol. The summed E-state index contributed by atoms with van der Waals surface area (Å²) in [5.41, 5.74) is 26.5. The summed E-state index contributed by atoms with van der Waals surface area (Å²) in [5, 5.41) is 14.1. The van der Waals surface area contributed by atoms with Gasteiger partial charge in [-0.15, -0.1) is 238 Å². The van der Waals surface area contributed by atoms with Crippen LogP contribution < -0.4 is 20.7 Å². The van der Waals surface area contributed by atoms with E-state index in [0.29, 0.717) is 0 Å². The minimum Gasteiger partial charge on any atom is -0.512 e. The van der Waals surface area contributed by atoms with Gasteiger partial charge in [0, 0.05) is 130 Å². The van der Waals surface area contributed by atoms with Crippen molar-refractivity contribution < 1.29 is 90.3 Å². The van der Waals surface area contributed by atoms with E-state index in [-0.39, 0.29) is 92.0 Å². The average Bonchev–Trinajstić information content (AvgIpc) is 0.792. The summed E-state index contributed by atoms with van der Waals surface area (Å²) in [6, 6.07) is 144. The number of hydrogen-bond acceptors (Lipinski definition) is 9. The van der Waals surface area contributed by atoms with E-state index >= 15 is 0 Å². The van der Waals surface area contributed by atoms with E-state index in [1.165, 1.54) is 96.3 Å². The van der Waals surface area contributed by atoms with Gasteiger partial charge in [0.25, 0.3) is 0 Å². The van der Waals surface area contributed by atoms with Gasteiger partial charge in [-0.1, -0.05) is 304 Å². The van der Waals surface area contributed by atoms with Crippen molar-refractivity contribution >= 4 is 58.8 Å². The number of allylic oxidation sites excluding steroid dienone is 2. The van der Waals surface area contributed by atoms with E-state index in [0.717, 1.165) is 78.8 Å². The topological polar surface area (TPSA) is 128 Å². The van der Waals surface area contributed by atoms with Gasteiger partial charge in [-0.3, -0.25) is 4.79 Å². The van der Waals surface area contributed by atoms with Gasteiger partial charge >= 0.3 is 0 Å². The number of aryl methyl sites for hydroxylation is 2. The molecule has 7 aromatic heterocycles. The van der Waals surface area contributed by atoms with Crippen LogP contribution in [0.25, 0.3) is 123 Å². The summed E-state index contributed by atoms with van der Waals surface area (Å²) in [4.78, 5) is 40.9.